The number of halogens is 1. The first kappa shape index (κ1) is 21.4. The molecule has 2 aromatic heterocycles. The molecule has 0 saturated heterocycles. The van der Waals surface area contributed by atoms with E-state index in [0.29, 0.717) is 39.9 Å². The van der Waals surface area contributed by atoms with Crippen molar-refractivity contribution in [3.63, 3.8) is 0 Å². The molecule has 8 nitrogen and oxygen atoms in total. The van der Waals surface area contributed by atoms with Crippen LogP contribution >= 0.6 is 11.6 Å². The number of rotatable bonds is 4. The second-order valence-electron chi connectivity index (χ2n) is 8.92. The predicted molar refractivity (Wildman–Crippen MR) is 132 cm³/mol. The Kier molecular flexibility index (Phi) is 4.69. The molecule has 3 heterocycles. The summed E-state index contributed by atoms with van der Waals surface area (Å²) in [5.41, 5.74) is 8.31. The maximum Gasteiger partial charge on any atom is 0.277 e. The molecule has 0 atom stereocenters. The molecule has 9 heteroatoms. The van der Waals surface area contributed by atoms with E-state index >= 15 is 0 Å². The highest BCUT2D eigenvalue weighted by Gasteiger charge is 2.56. The van der Waals surface area contributed by atoms with Crippen LogP contribution in [0.1, 0.15) is 39.4 Å². The summed E-state index contributed by atoms with van der Waals surface area (Å²) >= 11 is 6.05. The first-order valence-corrected chi connectivity index (χ1v) is 11.5. The fourth-order valence-electron chi connectivity index (χ4n) is 4.84. The van der Waals surface area contributed by atoms with Gasteiger partial charge in [-0.1, -0.05) is 17.7 Å². The lowest BCUT2D eigenvalue weighted by molar-refractivity contribution is 0.0966. The molecule has 1 spiro atoms. The van der Waals surface area contributed by atoms with Crippen LogP contribution in [0.5, 0.6) is 0 Å². The molecule has 0 unspecified atom stereocenters. The topological polar surface area (TPSA) is 103 Å². The van der Waals surface area contributed by atoms with Crippen LogP contribution in [-0.2, 0) is 5.41 Å². The number of primary amides is 1. The van der Waals surface area contributed by atoms with Crippen LogP contribution < -0.4 is 16.2 Å². The third-order valence-corrected chi connectivity index (χ3v) is 7.00. The van der Waals surface area contributed by atoms with Crippen LogP contribution in [0.4, 0.5) is 5.69 Å². The van der Waals surface area contributed by atoms with Gasteiger partial charge in [0.05, 0.1) is 5.69 Å². The summed E-state index contributed by atoms with van der Waals surface area (Å²) in [6.45, 7) is 0.427. The van der Waals surface area contributed by atoms with E-state index in [-0.39, 0.29) is 22.6 Å². The summed E-state index contributed by atoms with van der Waals surface area (Å²) in [6.07, 6.45) is 3.35. The zero-order chi connectivity index (χ0) is 24.3. The highest BCUT2D eigenvalue weighted by Crippen LogP contribution is 2.54. The van der Waals surface area contributed by atoms with E-state index in [1.165, 1.54) is 15.3 Å². The third-order valence-electron chi connectivity index (χ3n) is 6.74. The van der Waals surface area contributed by atoms with Gasteiger partial charge in [0, 0.05) is 46.2 Å². The van der Waals surface area contributed by atoms with Crippen LogP contribution in [0.3, 0.4) is 0 Å². The summed E-state index contributed by atoms with van der Waals surface area (Å²) < 4.78 is 3.04. The van der Waals surface area contributed by atoms with Crippen molar-refractivity contribution in [2.24, 2.45) is 5.73 Å². The highest BCUT2D eigenvalue weighted by atomic mass is 35.5. The standard InChI is InChI=1S/C26H20ClN5O3/c27-16-4-6-19(7-5-16)32-23-21(22(29-32)24(28)34)26(12-13-26)15-31(25(23)35)18-10-8-17(9-11-18)30-14-2-1-3-20(30)33/h1-11,14H,12-13,15H2,(H2,28,34). The van der Waals surface area contributed by atoms with Crippen molar-refractivity contribution in [2.75, 3.05) is 11.4 Å². The number of pyridine rings is 1. The molecule has 35 heavy (non-hydrogen) atoms. The SMILES string of the molecule is NC(=O)c1nn(-c2ccc(Cl)cc2)c2c1C1(CC1)CN(c1ccc(-n3ccccc3=O)cc1)C2=O. The largest absolute Gasteiger partial charge is 0.364 e. The maximum atomic E-state index is 13.9. The quantitative estimate of drug-likeness (QED) is 0.478. The van der Waals surface area contributed by atoms with E-state index in [2.05, 4.69) is 5.10 Å². The Morgan fingerprint density at radius 3 is 2.20 bits per heavy atom. The molecule has 1 aliphatic carbocycles. The fraction of sp³-hybridized carbons (Fsp3) is 0.154. The number of nitrogens with two attached hydrogens (primary N) is 1. The maximum absolute atomic E-state index is 13.9. The van der Waals surface area contributed by atoms with Gasteiger partial charge in [-0.3, -0.25) is 19.0 Å². The van der Waals surface area contributed by atoms with Crippen LogP contribution in [0, 0.1) is 0 Å². The van der Waals surface area contributed by atoms with Crippen molar-refractivity contribution in [1.82, 2.24) is 14.3 Å². The molecule has 0 bridgehead atoms. The average molecular weight is 486 g/mol. The number of carbonyl (C=O) groups is 2. The van der Waals surface area contributed by atoms with E-state index in [9.17, 15) is 14.4 Å². The Morgan fingerprint density at radius 2 is 1.57 bits per heavy atom. The van der Waals surface area contributed by atoms with Gasteiger partial charge >= 0.3 is 0 Å². The summed E-state index contributed by atoms with van der Waals surface area (Å²) in [5, 5.41) is 5.03. The lowest BCUT2D eigenvalue weighted by atomic mass is 9.88. The van der Waals surface area contributed by atoms with Crippen molar-refractivity contribution in [3.8, 4) is 11.4 Å². The third kappa shape index (κ3) is 3.37. The van der Waals surface area contributed by atoms with Gasteiger partial charge in [-0.25, -0.2) is 4.68 Å². The molecule has 2 amide bonds. The number of nitrogens with zero attached hydrogens (tertiary/aromatic N) is 4. The smallest absolute Gasteiger partial charge is 0.277 e. The molecule has 2 aliphatic rings. The van der Waals surface area contributed by atoms with E-state index in [4.69, 9.17) is 17.3 Å². The van der Waals surface area contributed by atoms with Crippen LogP contribution in [0.2, 0.25) is 5.02 Å². The number of carbonyl (C=O) groups excluding carboxylic acids is 2. The number of hydrogen-bond acceptors (Lipinski definition) is 4. The minimum absolute atomic E-state index is 0.137. The van der Waals surface area contributed by atoms with Gasteiger partial charge in [0.25, 0.3) is 17.4 Å². The second-order valence-corrected chi connectivity index (χ2v) is 9.36. The first-order valence-electron chi connectivity index (χ1n) is 11.2. The monoisotopic (exact) mass is 485 g/mol. The molecule has 1 fully saturated rings. The number of aromatic nitrogens is 3. The van der Waals surface area contributed by atoms with Crippen LogP contribution in [-0.4, -0.2) is 32.7 Å². The zero-order valence-corrected chi connectivity index (χ0v) is 19.3. The lowest BCUT2D eigenvalue weighted by Crippen LogP contribution is -2.44. The normalized spacial score (nSPS) is 15.8. The van der Waals surface area contributed by atoms with Crippen LogP contribution in [0.15, 0.2) is 77.7 Å². The number of hydrogen-bond donors (Lipinski definition) is 1. The summed E-state index contributed by atoms with van der Waals surface area (Å²) in [5.74, 6) is -0.920. The van der Waals surface area contributed by atoms with Gasteiger partial charge in [0.2, 0.25) is 0 Å². The van der Waals surface area contributed by atoms with Crippen molar-refractivity contribution in [1.29, 1.82) is 0 Å². The summed E-state index contributed by atoms with van der Waals surface area (Å²) in [6, 6.07) is 19.2. The molecular weight excluding hydrogens is 466 g/mol. The molecule has 1 aliphatic heterocycles. The van der Waals surface area contributed by atoms with Gasteiger partial charge in [-0.2, -0.15) is 5.10 Å². The number of amides is 2. The van der Waals surface area contributed by atoms with Crippen molar-refractivity contribution in [2.45, 2.75) is 18.3 Å². The van der Waals surface area contributed by atoms with Gasteiger partial charge in [-0.05, 0) is 67.4 Å². The van der Waals surface area contributed by atoms with Crippen molar-refractivity contribution >= 4 is 29.1 Å². The van der Waals surface area contributed by atoms with E-state index < -0.39 is 5.91 Å². The van der Waals surface area contributed by atoms with Gasteiger partial charge in [0.15, 0.2) is 5.69 Å². The Morgan fingerprint density at radius 1 is 0.914 bits per heavy atom. The summed E-state index contributed by atoms with van der Waals surface area (Å²) in [4.78, 5) is 40.1. The molecule has 4 aromatic rings. The van der Waals surface area contributed by atoms with Gasteiger partial charge in [-0.15, -0.1) is 0 Å². The Hall–Kier alpha value is -4.17. The molecule has 0 radical (unpaired) electrons. The first-order chi connectivity index (χ1) is 16.9. The van der Waals surface area contributed by atoms with E-state index in [1.54, 1.807) is 47.5 Å². The zero-order valence-electron chi connectivity index (χ0n) is 18.5. The van der Waals surface area contributed by atoms with Crippen molar-refractivity contribution in [3.05, 3.63) is 105 Å². The minimum atomic E-state index is -0.654. The average Bonchev–Trinajstić information content (AvgIpc) is 3.50. The van der Waals surface area contributed by atoms with Gasteiger partial charge in [0.1, 0.15) is 5.69 Å². The van der Waals surface area contributed by atoms with Gasteiger partial charge < -0.3 is 10.6 Å². The highest BCUT2D eigenvalue weighted by molar-refractivity contribution is 6.30. The van der Waals surface area contributed by atoms with Crippen LogP contribution in [0.25, 0.3) is 11.4 Å². The van der Waals surface area contributed by atoms with Crippen molar-refractivity contribution < 1.29 is 9.59 Å². The summed E-state index contributed by atoms with van der Waals surface area (Å²) in [7, 11) is 0. The number of fused-ring (bicyclic) bond motifs is 2. The number of anilines is 1. The number of benzene rings is 2. The second kappa shape index (κ2) is 7.68. The Bertz CT molecular complexity index is 1550. The van der Waals surface area contributed by atoms with E-state index in [0.717, 1.165) is 12.8 Å². The fourth-order valence-corrected chi connectivity index (χ4v) is 4.97. The molecule has 174 valence electrons. The molecule has 2 aromatic carbocycles. The Balaban J connectivity index is 1.46. The molecule has 2 N–H and O–H groups in total. The molecular formula is C26H20ClN5O3. The Labute approximate surface area is 205 Å². The minimum Gasteiger partial charge on any atom is -0.364 e. The lowest BCUT2D eigenvalue weighted by Gasteiger charge is -2.33. The molecule has 1 saturated carbocycles. The molecule has 6 rings (SSSR count). The predicted octanol–water partition coefficient (Wildman–Crippen LogP) is 3.47. The van der Waals surface area contributed by atoms with E-state index in [1.807, 2.05) is 24.3 Å².